The van der Waals surface area contributed by atoms with Gasteiger partial charge < -0.3 is 19.9 Å². The zero-order valence-electron chi connectivity index (χ0n) is 17.7. The Balaban J connectivity index is 1.45. The molecule has 3 aromatic rings. The van der Waals surface area contributed by atoms with Crippen molar-refractivity contribution in [3.8, 4) is 16.9 Å². The molecule has 8 heteroatoms. The Morgan fingerprint density at radius 2 is 1.70 bits per heavy atom. The van der Waals surface area contributed by atoms with Crippen LogP contribution in [0.1, 0.15) is 22.6 Å². The number of rotatable bonds is 7. The van der Waals surface area contributed by atoms with Crippen LogP contribution in [0.2, 0.25) is 5.02 Å². The number of amides is 1. The van der Waals surface area contributed by atoms with Crippen molar-refractivity contribution in [1.29, 1.82) is 0 Å². The molecule has 4 rings (SSSR count). The number of hydrogen-bond acceptors (Lipinski definition) is 4. The number of halogens is 2. The van der Waals surface area contributed by atoms with Gasteiger partial charge in [-0.05, 0) is 39.9 Å². The van der Waals surface area contributed by atoms with Crippen molar-refractivity contribution in [2.75, 3.05) is 13.7 Å². The number of ether oxygens (including phenoxy) is 2. The summed E-state index contributed by atoms with van der Waals surface area (Å²) in [5.74, 6) is -1.97. The van der Waals surface area contributed by atoms with Crippen LogP contribution < -0.4 is 10.1 Å². The van der Waals surface area contributed by atoms with Gasteiger partial charge in [0.2, 0.25) is 0 Å². The lowest BCUT2D eigenvalue weighted by Gasteiger charge is -2.18. The number of carbonyl (C=O) groups excluding carboxylic acids is 1. The Morgan fingerprint density at radius 3 is 2.27 bits per heavy atom. The molecular formula is C25H21ClFNO5. The number of methoxy groups -OCH3 is 1. The van der Waals surface area contributed by atoms with Gasteiger partial charge in [-0.1, -0.05) is 60.1 Å². The maximum atomic E-state index is 14.3. The molecule has 0 saturated heterocycles. The molecule has 170 valence electrons. The standard InChI is InChI=1S/C25H21ClFNO5/c1-32-23-11-14(21(27)12-20(23)26)10-22(24(29)30)28-25(31)33-13-19-17-8-4-2-6-15(17)16-7-3-5-9-18(16)19/h2-9,11-12,19,22H,10,13H2,1H3,(H,28,31)(H,29,30). The van der Waals surface area contributed by atoms with Crippen LogP contribution in [0.25, 0.3) is 11.1 Å². The fraction of sp³-hybridized carbons (Fsp3) is 0.200. The third kappa shape index (κ3) is 4.64. The Bertz CT molecular complexity index is 1170. The largest absolute Gasteiger partial charge is 0.495 e. The van der Waals surface area contributed by atoms with Crippen molar-refractivity contribution < 1.29 is 28.6 Å². The molecule has 0 spiro atoms. The van der Waals surface area contributed by atoms with E-state index in [9.17, 15) is 19.1 Å². The van der Waals surface area contributed by atoms with Crippen molar-refractivity contribution >= 4 is 23.7 Å². The minimum Gasteiger partial charge on any atom is -0.495 e. The first-order chi connectivity index (χ1) is 15.9. The van der Waals surface area contributed by atoms with Gasteiger partial charge in [0, 0.05) is 12.3 Å². The molecule has 1 unspecified atom stereocenters. The molecule has 3 aromatic carbocycles. The number of carboxylic acids is 1. The lowest BCUT2D eigenvalue weighted by molar-refractivity contribution is -0.139. The highest BCUT2D eigenvalue weighted by molar-refractivity contribution is 6.32. The molecular weight excluding hydrogens is 449 g/mol. The average Bonchev–Trinajstić information content (AvgIpc) is 3.12. The van der Waals surface area contributed by atoms with Crippen LogP contribution in [0.4, 0.5) is 9.18 Å². The highest BCUT2D eigenvalue weighted by Crippen LogP contribution is 2.44. The molecule has 6 nitrogen and oxygen atoms in total. The Kier molecular flexibility index (Phi) is 6.51. The quantitative estimate of drug-likeness (QED) is 0.507. The van der Waals surface area contributed by atoms with Crippen LogP contribution in [0.3, 0.4) is 0 Å². The van der Waals surface area contributed by atoms with E-state index in [4.69, 9.17) is 21.1 Å². The van der Waals surface area contributed by atoms with Gasteiger partial charge in [0.25, 0.3) is 0 Å². The number of alkyl carbamates (subject to hydrolysis) is 1. The van der Waals surface area contributed by atoms with Gasteiger partial charge in [0.15, 0.2) is 0 Å². The van der Waals surface area contributed by atoms with Gasteiger partial charge in [-0.25, -0.2) is 14.0 Å². The van der Waals surface area contributed by atoms with Crippen LogP contribution in [-0.2, 0) is 16.0 Å². The van der Waals surface area contributed by atoms with Gasteiger partial charge in [-0.15, -0.1) is 0 Å². The molecule has 0 aliphatic heterocycles. The van der Waals surface area contributed by atoms with Crippen molar-refractivity contribution in [3.05, 3.63) is 88.2 Å². The van der Waals surface area contributed by atoms with E-state index in [1.807, 2.05) is 48.5 Å². The van der Waals surface area contributed by atoms with E-state index in [-0.39, 0.29) is 35.3 Å². The van der Waals surface area contributed by atoms with Crippen LogP contribution in [0.5, 0.6) is 5.75 Å². The molecule has 0 bridgehead atoms. The van der Waals surface area contributed by atoms with Crippen LogP contribution in [-0.4, -0.2) is 36.9 Å². The highest BCUT2D eigenvalue weighted by Gasteiger charge is 2.30. The van der Waals surface area contributed by atoms with Crippen molar-refractivity contribution in [3.63, 3.8) is 0 Å². The molecule has 0 saturated carbocycles. The zero-order valence-corrected chi connectivity index (χ0v) is 18.4. The molecule has 1 aliphatic carbocycles. The maximum Gasteiger partial charge on any atom is 0.407 e. The minimum absolute atomic E-state index is 0.0370. The first-order valence-corrected chi connectivity index (χ1v) is 10.6. The van der Waals surface area contributed by atoms with Crippen molar-refractivity contribution in [2.45, 2.75) is 18.4 Å². The summed E-state index contributed by atoms with van der Waals surface area (Å²) in [6.07, 6.45) is -1.20. The van der Waals surface area contributed by atoms with E-state index < -0.39 is 23.9 Å². The summed E-state index contributed by atoms with van der Waals surface area (Å²) in [6, 6.07) is 16.7. The van der Waals surface area contributed by atoms with E-state index in [1.54, 1.807) is 0 Å². The number of hydrogen-bond donors (Lipinski definition) is 2. The second kappa shape index (κ2) is 9.50. The van der Waals surface area contributed by atoms with E-state index in [0.717, 1.165) is 28.3 Å². The number of carbonyl (C=O) groups is 2. The third-order valence-corrected chi connectivity index (χ3v) is 5.97. The number of fused-ring (bicyclic) bond motifs is 3. The lowest BCUT2D eigenvalue weighted by atomic mass is 9.98. The van der Waals surface area contributed by atoms with Gasteiger partial charge in [-0.2, -0.15) is 0 Å². The van der Waals surface area contributed by atoms with Gasteiger partial charge in [-0.3, -0.25) is 0 Å². The number of nitrogens with one attached hydrogen (secondary N) is 1. The molecule has 0 aromatic heterocycles. The van der Waals surface area contributed by atoms with E-state index >= 15 is 0 Å². The zero-order chi connectivity index (χ0) is 23.5. The third-order valence-electron chi connectivity index (χ3n) is 5.68. The van der Waals surface area contributed by atoms with E-state index in [1.165, 1.54) is 13.2 Å². The Morgan fingerprint density at radius 1 is 1.09 bits per heavy atom. The summed E-state index contributed by atoms with van der Waals surface area (Å²) in [6.45, 7) is 0.0370. The molecule has 1 amide bonds. The van der Waals surface area contributed by atoms with Crippen molar-refractivity contribution in [1.82, 2.24) is 5.32 Å². The van der Waals surface area contributed by atoms with Crippen molar-refractivity contribution in [2.24, 2.45) is 0 Å². The van der Waals surface area contributed by atoms with E-state index in [2.05, 4.69) is 5.32 Å². The number of carboxylic acid groups (broad SMARTS) is 1. The first-order valence-electron chi connectivity index (χ1n) is 10.2. The number of benzene rings is 3. The molecule has 0 fully saturated rings. The van der Waals surface area contributed by atoms with Gasteiger partial charge >= 0.3 is 12.1 Å². The molecule has 1 atom stereocenters. The van der Waals surface area contributed by atoms with Gasteiger partial charge in [0.1, 0.15) is 24.2 Å². The van der Waals surface area contributed by atoms with Crippen LogP contribution in [0, 0.1) is 5.82 Å². The lowest BCUT2D eigenvalue weighted by Crippen LogP contribution is -2.43. The Labute approximate surface area is 194 Å². The average molecular weight is 470 g/mol. The highest BCUT2D eigenvalue weighted by atomic mass is 35.5. The van der Waals surface area contributed by atoms with Crippen LogP contribution >= 0.6 is 11.6 Å². The summed E-state index contributed by atoms with van der Waals surface area (Å²) < 4.78 is 24.7. The maximum absolute atomic E-state index is 14.3. The molecule has 33 heavy (non-hydrogen) atoms. The second-order valence-corrected chi connectivity index (χ2v) is 8.05. The minimum atomic E-state index is -1.40. The fourth-order valence-electron chi connectivity index (χ4n) is 4.09. The SMILES string of the molecule is COc1cc(CC(NC(=O)OCC2c3ccccc3-c3ccccc32)C(=O)O)c(F)cc1Cl. The Hall–Kier alpha value is -3.58. The second-order valence-electron chi connectivity index (χ2n) is 7.64. The number of aliphatic carboxylic acids is 1. The topological polar surface area (TPSA) is 84.9 Å². The molecule has 2 N–H and O–H groups in total. The monoisotopic (exact) mass is 469 g/mol. The molecule has 0 heterocycles. The molecule has 1 aliphatic rings. The summed E-state index contributed by atoms with van der Waals surface area (Å²) in [4.78, 5) is 24.2. The normalized spacial score (nSPS) is 13.1. The fourth-order valence-corrected chi connectivity index (χ4v) is 4.31. The summed E-state index contributed by atoms with van der Waals surface area (Å²) in [7, 11) is 1.37. The van der Waals surface area contributed by atoms with Gasteiger partial charge in [0.05, 0.1) is 12.1 Å². The summed E-state index contributed by atoms with van der Waals surface area (Å²) >= 11 is 5.89. The summed E-state index contributed by atoms with van der Waals surface area (Å²) in [5, 5.41) is 11.9. The smallest absolute Gasteiger partial charge is 0.407 e. The summed E-state index contributed by atoms with van der Waals surface area (Å²) in [5.41, 5.74) is 4.28. The van der Waals surface area contributed by atoms with E-state index in [0.29, 0.717) is 0 Å². The first kappa shape index (κ1) is 22.6. The van der Waals surface area contributed by atoms with Crippen LogP contribution in [0.15, 0.2) is 60.7 Å². The molecule has 0 radical (unpaired) electrons. The predicted molar refractivity (Wildman–Crippen MR) is 121 cm³/mol. The predicted octanol–water partition coefficient (Wildman–Crippen LogP) is 5.02.